The van der Waals surface area contributed by atoms with Crippen molar-refractivity contribution < 1.29 is 9.90 Å². The van der Waals surface area contributed by atoms with Crippen molar-refractivity contribution in [2.24, 2.45) is 0 Å². The number of nitrogens with zero attached hydrogens (tertiary/aromatic N) is 2. The molecule has 2 aromatic rings. The molecule has 5 nitrogen and oxygen atoms in total. The van der Waals surface area contributed by atoms with Gasteiger partial charge in [0.2, 0.25) is 0 Å². The molecule has 6 heteroatoms. The normalized spacial score (nSPS) is 10.6. The van der Waals surface area contributed by atoms with Gasteiger partial charge in [0.25, 0.3) is 0 Å². The van der Waals surface area contributed by atoms with Crippen LogP contribution in [0.5, 0.6) is 0 Å². The van der Waals surface area contributed by atoms with Crippen LogP contribution >= 0.6 is 11.3 Å². The molecule has 0 aliphatic rings. The predicted molar refractivity (Wildman–Crippen MR) is 62.4 cm³/mol. The highest BCUT2D eigenvalue weighted by atomic mass is 32.1. The van der Waals surface area contributed by atoms with E-state index in [4.69, 9.17) is 10.8 Å². The molecule has 84 valence electrons. The monoisotopic (exact) mass is 237 g/mol. The van der Waals surface area contributed by atoms with E-state index in [0.29, 0.717) is 23.4 Å². The Labute approximate surface area is 96.1 Å². The maximum Gasteiger partial charge on any atom is 0.156 e. The van der Waals surface area contributed by atoms with E-state index in [-0.39, 0.29) is 13.2 Å². The van der Waals surface area contributed by atoms with Gasteiger partial charge in [-0.15, -0.1) is 11.3 Å². The molecular weight excluding hydrogens is 226 g/mol. The SMILES string of the molecule is Nc1c(C=O)c(-c2cccs2)nn1CCO. The average molecular weight is 237 g/mol. The van der Waals surface area contributed by atoms with Crippen molar-refractivity contribution in [3.05, 3.63) is 23.1 Å². The van der Waals surface area contributed by atoms with Gasteiger partial charge in [0, 0.05) is 0 Å². The largest absolute Gasteiger partial charge is 0.394 e. The lowest BCUT2D eigenvalue weighted by Gasteiger charge is -1.99. The van der Waals surface area contributed by atoms with Crippen molar-refractivity contribution in [2.45, 2.75) is 6.54 Å². The Hall–Kier alpha value is -1.66. The zero-order chi connectivity index (χ0) is 11.5. The van der Waals surface area contributed by atoms with Crippen LogP contribution in [0.4, 0.5) is 5.82 Å². The van der Waals surface area contributed by atoms with Gasteiger partial charge in [-0.05, 0) is 11.4 Å². The molecule has 0 saturated carbocycles. The molecule has 0 spiro atoms. The number of carbonyl (C=O) groups excluding carboxylic acids is 1. The van der Waals surface area contributed by atoms with E-state index in [1.807, 2.05) is 17.5 Å². The zero-order valence-electron chi connectivity index (χ0n) is 8.46. The zero-order valence-corrected chi connectivity index (χ0v) is 9.28. The van der Waals surface area contributed by atoms with E-state index in [1.165, 1.54) is 16.0 Å². The van der Waals surface area contributed by atoms with Crippen molar-refractivity contribution in [3.8, 4) is 10.6 Å². The fourth-order valence-corrected chi connectivity index (χ4v) is 2.19. The first-order chi connectivity index (χ1) is 7.77. The Morgan fingerprint density at radius 3 is 3.00 bits per heavy atom. The third-order valence-electron chi connectivity index (χ3n) is 2.21. The van der Waals surface area contributed by atoms with Crippen LogP contribution in [0.3, 0.4) is 0 Å². The molecule has 2 aromatic heterocycles. The van der Waals surface area contributed by atoms with Crippen LogP contribution in [0.15, 0.2) is 17.5 Å². The van der Waals surface area contributed by atoms with Gasteiger partial charge in [-0.25, -0.2) is 4.68 Å². The lowest BCUT2D eigenvalue weighted by Crippen LogP contribution is -2.08. The molecule has 0 unspecified atom stereocenters. The molecule has 0 amide bonds. The summed E-state index contributed by atoms with van der Waals surface area (Å²) in [6, 6.07) is 3.76. The summed E-state index contributed by atoms with van der Waals surface area (Å²) in [4.78, 5) is 11.9. The second-order valence-corrected chi connectivity index (χ2v) is 4.14. The molecule has 0 radical (unpaired) electrons. The highest BCUT2D eigenvalue weighted by Crippen LogP contribution is 2.29. The number of nitrogens with two attached hydrogens (primary N) is 1. The molecule has 0 aliphatic carbocycles. The molecular formula is C10H11N3O2S. The number of carbonyl (C=O) groups is 1. The first-order valence-electron chi connectivity index (χ1n) is 4.74. The Kier molecular flexibility index (Phi) is 3.02. The van der Waals surface area contributed by atoms with Crippen molar-refractivity contribution in [3.63, 3.8) is 0 Å². The van der Waals surface area contributed by atoms with E-state index in [1.54, 1.807) is 0 Å². The molecule has 0 aromatic carbocycles. The maximum absolute atomic E-state index is 11.0. The third-order valence-corrected chi connectivity index (χ3v) is 3.09. The van der Waals surface area contributed by atoms with Crippen molar-refractivity contribution in [2.75, 3.05) is 12.3 Å². The van der Waals surface area contributed by atoms with E-state index < -0.39 is 0 Å². The van der Waals surface area contributed by atoms with Crippen LogP contribution in [0.25, 0.3) is 10.6 Å². The highest BCUT2D eigenvalue weighted by Gasteiger charge is 2.16. The molecule has 16 heavy (non-hydrogen) atoms. The van der Waals surface area contributed by atoms with E-state index >= 15 is 0 Å². The number of rotatable bonds is 4. The van der Waals surface area contributed by atoms with Crippen LogP contribution < -0.4 is 5.73 Å². The van der Waals surface area contributed by atoms with E-state index in [2.05, 4.69) is 5.10 Å². The summed E-state index contributed by atoms with van der Waals surface area (Å²) >= 11 is 1.49. The summed E-state index contributed by atoms with van der Waals surface area (Å²) < 4.78 is 1.44. The fraction of sp³-hybridized carbons (Fsp3) is 0.200. The lowest BCUT2D eigenvalue weighted by molar-refractivity contribution is 0.112. The Morgan fingerprint density at radius 2 is 2.44 bits per heavy atom. The molecule has 0 bridgehead atoms. The summed E-state index contributed by atoms with van der Waals surface area (Å²) in [6.07, 6.45) is 0.700. The molecule has 0 fully saturated rings. The summed E-state index contributed by atoms with van der Waals surface area (Å²) in [5.74, 6) is 0.299. The number of thiophene rings is 1. The lowest BCUT2D eigenvalue weighted by atomic mass is 10.2. The van der Waals surface area contributed by atoms with Crippen molar-refractivity contribution >= 4 is 23.4 Å². The molecule has 3 N–H and O–H groups in total. The Morgan fingerprint density at radius 1 is 1.62 bits per heavy atom. The number of aromatic nitrogens is 2. The van der Waals surface area contributed by atoms with Crippen molar-refractivity contribution in [1.29, 1.82) is 0 Å². The highest BCUT2D eigenvalue weighted by molar-refractivity contribution is 7.13. The number of aliphatic hydroxyl groups excluding tert-OH is 1. The van der Waals surface area contributed by atoms with Crippen LogP contribution in [0.1, 0.15) is 10.4 Å². The molecule has 2 heterocycles. The summed E-state index contributed by atoms with van der Waals surface area (Å²) in [7, 11) is 0. The van der Waals surface area contributed by atoms with Gasteiger partial charge in [0.05, 0.1) is 23.6 Å². The standard InChI is InChI=1S/C10H11N3O2S/c11-10-7(6-15)9(8-2-1-5-16-8)12-13(10)3-4-14/h1-2,5-6,14H,3-4,11H2. The van der Waals surface area contributed by atoms with E-state index in [9.17, 15) is 4.79 Å². The fourth-order valence-electron chi connectivity index (χ4n) is 1.47. The first-order valence-corrected chi connectivity index (χ1v) is 5.62. The minimum Gasteiger partial charge on any atom is -0.394 e. The average Bonchev–Trinajstić information content (AvgIpc) is 2.88. The van der Waals surface area contributed by atoms with Gasteiger partial charge in [-0.1, -0.05) is 6.07 Å². The number of aldehydes is 1. The maximum atomic E-state index is 11.0. The molecule has 2 rings (SSSR count). The van der Waals surface area contributed by atoms with Gasteiger partial charge in [-0.3, -0.25) is 4.79 Å². The van der Waals surface area contributed by atoms with Gasteiger partial charge >= 0.3 is 0 Å². The number of nitrogen functional groups attached to an aromatic ring is 1. The van der Waals surface area contributed by atoms with Gasteiger partial charge < -0.3 is 10.8 Å². The first kappa shape index (κ1) is 10.8. The van der Waals surface area contributed by atoms with Crippen molar-refractivity contribution in [1.82, 2.24) is 9.78 Å². The summed E-state index contributed by atoms with van der Waals surface area (Å²) in [5, 5.41) is 15.0. The predicted octanol–water partition coefficient (Wildman–Crippen LogP) is 0.999. The molecule has 0 atom stereocenters. The molecule has 0 aliphatic heterocycles. The number of hydrogen-bond donors (Lipinski definition) is 2. The third kappa shape index (κ3) is 1.72. The summed E-state index contributed by atoms with van der Waals surface area (Å²) in [5.41, 5.74) is 6.73. The number of anilines is 1. The minimum absolute atomic E-state index is 0.0615. The van der Waals surface area contributed by atoms with Crippen LogP contribution in [-0.2, 0) is 6.54 Å². The minimum atomic E-state index is -0.0615. The topological polar surface area (TPSA) is 81.1 Å². The Bertz CT molecular complexity index is 490. The second kappa shape index (κ2) is 4.46. The van der Waals surface area contributed by atoms with Gasteiger partial charge in [0.1, 0.15) is 11.5 Å². The van der Waals surface area contributed by atoms with Crippen LogP contribution in [0.2, 0.25) is 0 Å². The molecule has 0 saturated heterocycles. The smallest absolute Gasteiger partial charge is 0.156 e. The number of hydrogen-bond acceptors (Lipinski definition) is 5. The number of aliphatic hydroxyl groups is 1. The van der Waals surface area contributed by atoms with Gasteiger partial charge in [-0.2, -0.15) is 5.10 Å². The quantitative estimate of drug-likeness (QED) is 0.777. The van der Waals surface area contributed by atoms with E-state index in [0.717, 1.165) is 4.88 Å². The van der Waals surface area contributed by atoms with Gasteiger partial charge in [0.15, 0.2) is 6.29 Å². The van der Waals surface area contributed by atoms with Crippen LogP contribution in [-0.4, -0.2) is 27.8 Å². The Balaban J connectivity index is 2.53. The second-order valence-electron chi connectivity index (χ2n) is 3.19. The van der Waals surface area contributed by atoms with Crippen LogP contribution in [0, 0.1) is 0 Å². The summed E-state index contributed by atoms with van der Waals surface area (Å²) in [6.45, 7) is 0.228.